The van der Waals surface area contributed by atoms with Gasteiger partial charge in [0.05, 0.1) is 5.02 Å². The molecule has 0 radical (unpaired) electrons. The van der Waals surface area contributed by atoms with E-state index in [0.717, 1.165) is 31.2 Å². The van der Waals surface area contributed by atoms with E-state index in [0.29, 0.717) is 29.4 Å². The summed E-state index contributed by atoms with van der Waals surface area (Å²) in [4.78, 5) is 21.5. The Morgan fingerprint density at radius 1 is 1.28 bits per heavy atom. The van der Waals surface area contributed by atoms with E-state index in [-0.39, 0.29) is 12.2 Å². The molecule has 1 saturated carbocycles. The van der Waals surface area contributed by atoms with Crippen molar-refractivity contribution in [2.45, 2.75) is 43.9 Å². The largest absolute Gasteiger partial charge is 0.365 e. The lowest BCUT2D eigenvalue weighted by Gasteiger charge is -2.21. The second-order valence-corrected chi connectivity index (χ2v) is 7.72. The van der Waals surface area contributed by atoms with Crippen molar-refractivity contribution in [1.82, 2.24) is 10.5 Å². The molecule has 1 saturated heterocycles. The predicted octanol–water partition coefficient (Wildman–Crippen LogP) is 4.29. The molecule has 6 nitrogen and oxygen atoms in total. The van der Waals surface area contributed by atoms with Crippen molar-refractivity contribution in [1.29, 1.82) is 0 Å². The van der Waals surface area contributed by atoms with Crippen LogP contribution in [0.25, 0.3) is 6.08 Å². The first-order chi connectivity index (χ1) is 14.2. The molecule has 2 aromatic rings. The molecule has 2 N–H and O–H groups in total. The van der Waals surface area contributed by atoms with Crippen LogP contribution in [0.3, 0.4) is 0 Å². The quantitative estimate of drug-likeness (QED) is 0.523. The van der Waals surface area contributed by atoms with Crippen molar-refractivity contribution < 1.29 is 14.4 Å². The standard InChI is InChI=1S/C22H24ClN3O3/c23-18-12-15(9-10-20(27)26-29-21-8-4-5-11-28-21)14-24-22(18)25-19-13-17(19)16-6-2-1-3-7-16/h1-3,6-7,9-10,12,14,17,19,21H,4-5,8,11,13H2,(H,24,25)(H,26,27)/b10-9+/t17-,19+,21?/m1/s1. The Morgan fingerprint density at radius 3 is 2.90 bits per heavy atom. The van der Waals surface area contributed by atoms with Crippen LogP contribution in [0.4, 0.5) is 5.82 Å². The fraction of sp³-hybridized carbons (Fsp3) is 0.364. The Hall–Kier alpha value is -2.41. The van der Waals surface area contributed by atoms with Gasteiger partial charge in [-0.1, -0.05) is 41.9 Å². The Bertz CT molecular complexity index is 869. The summed E-state index contributed by atoms with van der Waals surface area (Å²) in [6.45, 7) is 0.661. The molecule has 7 heteroatoms. The first-order valence-electron chi connectivity index (χ1n) is 9.91. The molecule has 1 amide bonds. The molecule has 152 valence electrons. The SMILES string of the molecule is O=C(/C=C/c1cnc(N[C@H]2C[C@@H]2c2ccccc2)c(Cl)c1)NOC1CCCCO1. The Labute approximate surface area is 175 Å². The number of anilines is 1. The van der Waals surface area contributed by atoms with Gasteiger partial charge in [0.1, 0.15) is 5.82 Å². The number of carbonyl (C=O) groups is 1. The maximum atomic E-state index is 11.9. The van der Waals surface area contributed by atoms with Crippen LogP contribution in [0.15, 0.2) is 48.7 Å². The van der Waals surface area contributed by atoms with E-state index in [1.807, 2.05) is 6.07 Å². The van der Waals surface area contributed by atoms with Gasteiger partial charge in [-0.25, -0.2) is 15.3 Å². The molecule has 4 rings (SSSR count). The molecule has 1 aromatic carbocycles. The summed E-state index contributed by atoms with van der Waals surface area (Å²) in [5.74, 6) is 0.793. The van der Waals surface area contributed by atoms with Crippen molar-refractivity contribution in [2.75, 3.05) is 11.9 Å². The van der Waals surface area contributed by atoms with Gasteiger partial charge in [-0.05, 0) is 42.5 Å². The van der Waals surface area contributed by atoms with Gasteiger partial charge in [0.25, 0.3) is 5.91 Å². The molecule has 3 atom stereocenters. The lowest BCUT2D eigenvalue weighted by molar-refractivity contribution is -0.198. The number of carbonyl (C=O) groups excluding carboxylic acids is 1. The number of hydrogen-bond acceptors (Lipinski definition) is 5. The molecule has 0 spiro atoms. The number of ether oxygens (including phenoxy) is 1. The third kappa shape index (κ3) is 5.56. The summed E-state index contributed by atoms with van der Waals surface area (Å²) in [6, 6.07) is 12.5. The Balaban J connectivity index is 1.27. The molecule has 2 fully saturated rings. The van der Waals surface area contributed by atoms with Crippen LogP contribution in [-0.4, -0.2) is 29.8 Å². The molecule has 2 aliphatic rings. The lowest BCUT2D eigenvalue weighted by Crippen LogP contribution is -2.32. The fourth-order valence-corrected chi connectivity index (χ4v) is 3.61. The van der Waals surface area contributed by atoms with Crippen molar-refractivity contribution >= 4 is 29.4 Å². The van der Waals surface area contributed by atoms with Gasteiger partial charge < -0.3 is 10.1 Å². The van der Waals surface area contributed by atoms with E-state index in [9.17, 15) is 4.79 Å². The van der Waals surface area contributed by atoms with E-state index in [1.54, 1.807) is 18.3 Å². The fourth-order valence-electron chi connectivity index (χ4n) is 3.38. The summed E-state index contributed by atoms with van der Waals surface area (Å²) in [6.07, 6.45) is 8.25. The molecule has 29 heavy (non-hydrogen) atoms. The van der Waals surface area contributed by atoms with Crippen LogP contribution >= 0.6 is 11.6 Å². The summed E-state index contributed by atoms with van der Waals surface area (Å²) in [7, 11) is 0. The molecule has 1 aliphatic heterocycles. The van der Waals surface area contributed by atoms with E-state index >= 15 is 0 Å². The van der Waals surface area contributed by atoms with Crippen molar-refractivity contribution in [2.24, 2.45) is 0 Å². The lowest BCUT2D eigenvalue weighted by atomic mass is 10.1. The van der Waals surface area contributed by atoms with E-state index in [2.05, 4.69) is 40.0 Å². The normalized spacial score (nSPS) is 23.7. The number of pyridine rings is 1. The van der Waals surface area contributed by atoms with Crippen LogP contribution < -0.4 is 10.8 Å². The number of halogens is 1. The van der Waals surface area contributed by atoms with Gasteiger partial charge in [0.15, 0.2) is 6.29 Å². The second-order valence-electron chi connectivity index (χ2n) is 7.32. The van der Waals surface area contributed by atoms with Crippen molar-refractivity contribution in [3.63, 3.8) is 0 Å². The van der Waals surface area contributed by atoms with Gasteiger partial charge >= 0.3 is 0 Å². The van der Waals surface area contributed by atoms with Crippen LogP contribution in [0.2, 0.25) is 5.02 Å². The maximum absolute atomic E-state index is 11.9. The van der Waals surface area contributed by atoms with Crippen LogP contribution in [0, 0.1) is 0 Å². The third-order valence-corrected chi connectivity index (χ3v) is 5.35. The number of benzene rings is 1. The van der Waals surface area contributed by atoms with Gasteiger partial charge in [-0.2, -0.15) is 0 Å². The minimum Gasteiger partial charge on any atom is -0.365 e. The highest BCUT2D eigenvalue weighted by Gasteiger charge is 2.38. The Morgan fingerprint density at radius 2 is 2.14 bits per heavy atom. The monoisotopic (exact) mass is 413 g/mol. The topological polar surface area (TPSA) is 72.5 Å². The van der Waals surface area contributed by atoms with E-state index in [4.69, 9.17) is 21.2 Å². The number of nitrogens with zero attached hydrogens (tertiary/aromatic N) is 1. The number of nitrogens with one attached hydrogen (secondary N) is 2. The highest BCUT2D eigenvalue weighted by Crippen LogP contribution is 2.43. The number of hydrogen-bond donors (Lipinski definition) is 2. The number of aromatic nitrogens is 1. The Kier molecular flexibility index (Phi) is 6.44. The molecule has 1 unspecified atom stereocenters. The van der Waals surface area contributed by atoms with Crippen LogP contribution in [-0.2, 0) is 14.4 Å². The maximum Gasteiger partial charge on any atom is 0.267 e. The average Bonchev–Trinajstić information content (AvgIpc) is 3.53. The molecular weight excluding hydrogens is 390 g/mol. The number of hydroxylamine groups is 1. The summed E-state index contributed by atoms with van der Waals surface area (Å²) >= 11 is 6.37. The minimum absolute atomic E-state index is 0.341. The van der Waals surface area contributed by atoms with Gasteiger partial charge in [-0.15, -0.1) is 0 Å². The molecule has 0 bridgehead atoms. The molecule has 2 heterocycles. The summed E-state index contributed by atoms with van der Waals surface area (Å²) in [5.41, 5.74) is 4.45. The van der Waals surface area contributed by atoms with E-state index < -0.39 is 0 Å². The zero-order valence-electron chi connectivity index (χ0n) is 16.0. The summed E-state index contributed by atoms with van der Waals surface area (Å²) < 4.78 is 5.40. The number of rotatable bonds is 7. The third-order valence-electron chi connectivity index (χ3n) is 5.06. The van der Waals surface area contributed by atoms with Crippen molar-refractivity contribution in [3.8, 4) is 0 Å². The number of amides is 1. The molecule has 1 aromatic heterocycles. The van der Waals surface area contributed by atoms with Crippen LogP contribution in [0.1, 0.15) is 42.7 Å². The first kappa shape index (κ1) is 19.9. The highest BCUT2D eigenvalue weighted by molar-refractivity contribution is 6.33. The second kappa shape index (κ2) is 9.39. The zero-order valence-corrected chi connectivity index (χ0v) is 16.8. The van der Waals surface area contributed by atoms with Gasteiger partial charge in [-0.3, -0.25) is 4.79 Å². The van der Waals surface area contributed by atoms with Gasteiger partial charge in [0.2, 0.25) is 0 Å². The molecular formula is C22H24ClN3O3. The minimum atomic E-state index is -0.371. The van der Waals surface area contributed by atoms with Crippen molar-refractivity contribution in [3.05, 3.63) is 64.8 Å². The molecule has 1 aliphatic carbocycles. The first-order valence-corrected chi connectivity index (χ1v) is 10.3. The zero-order chi connectivity index (χ0) is 20.1. The predicted molar refractivity (Wildman–Crippen MR) is 112 cm³/mol. The summed E-state index contributed by atoms with van der Waals surface area (Å²) in [5, 5.41) is 3.93. The average molecular weight is 414 g/mol. The smallest absolute Gasteiger partial charge is 0.267 e. The van der Waals surface area contributed by atoms with E-state index in [1.165, 1.54) is 11.6 Å². The highest BCUT2D eigenvalue weighted by atomic mass is 35.5. The van der Waals surface area contributed by atoms with Crippen LogP contribution in [0.5, 0.6) is 0 Å². The van der Waals surface area contributed by atoms with Gasteiger partial charge in [0, 0.05) is 37.3 Å².